The molecule has 10 nitrogen and oxygen atoms in total. The number of carbonyl (C=O) groups is 1. The molecular formula is C29H25FN8O2S. The van der Waals surface area contributed by atoms with E-state index in [-0.39, 0.29) is 17.3 Å². The molecule has 0 unspecified atom stereocenters. The van der Waals surface area contributed by atoms with Crippen molar-refractivity contribution in [1.29, 1.82) is 0 Å². The molecule has 12 heteroatoms. The van der Waals surface area contributed by atoms with Crippen LogP contribution in [0.1, 0.15) is 23.2 Å². The van der Waals surface area contributed by atoms with Crippen LogP contribution in [-0.4, -0.2) is 55.0 Å². The van der Waals surface area contributed by atoms with Crippen molar-refractivity contribution in [3.05, 3.63) is 82.8 Å². The normalized spacial score (nSPS) is 15.5. The number of aromatic amines is 2. The number of amides is 1. The summed E-state index contributed by atoms with van der Waals surface area (Å²) >= 11 is 1.57. The molecule has 1 amide bonds. The number of fused-ring (bicyclic) bond motifs is 2. The van der Waals surface area contributed by atoms with E-state index in [9.17, 15) is 9.59 Å². The van der Waals surface area contributed by atoms with Crippen LogP contribution in [0.15, 0.2) is 65.7 Å². The monoisotopic (exact) mass is 568 g/mol. The third kappa shape index (κ3) is 4.60. The van der Waals surface area contributed by atoms with Gasteiger partial charge < -0.3 is 15.3 Å². The van der Waals surface area contributed by atoms with Crippen LogP contribution >= 0.6 is 11.3 Å². The molecule has 0 saturated carbocycles. The van der Waals surface area contributed by atoms with E-state index in [1.54, 1.807) is 46.4 Å². The van der Waals surface area contributed by atoms with Crippen LogP contribution in [0.3, 0.4) is 0 Å². The van der Waals surface area contributed by atoms with Crippen molar-refractivity contribution in [1.82, 2.24) is 35.3 Å². The number of nitrogens with zero attached hydrogens (tertiary/aromatic N) is 5. The molecule has 0 radical (unpaired) electrons. The number of thiophene rings is 1. The standard InChI is InChI=1S/C29H25FN8O2S/c1-37-15-24(35-36-37)16-4-6-19(21(30)11-16)28(39)38(18-3-2-9-31-14-18)27-20-13-26(41-25(20)8-10-32-27)17-5-7-22-23(12-17)34-29(40)33-22/h4-8,10-13,15,18,31H,2-3,9,14H2,1H3,(H2,33,34,40)/t18-/m1/s1. The van der Waals surface area contributed by atoms with Crippen LogP contribution in [0.5, 0.6) is 0 Å². The zero-order chi connectivity index (χ0) is 28.1. The third-order valence-corrected chi connectivity index (χ3v) is 8.56. The smallest absolute Gasteiger partial charge is 0.315 e. The molecule has 0 spiro atoms. The molecule has 206 valence electrons. The maximum Gasteiger partial charge on any atom is 0.323 e. The summed E-state index contributed by atoms with van der Waals surface area (Å²) < 4.78 is 18.0. The number of anilines is 1. The van der Waals surface area contributed by atoms with E-state index in [1.807, 2.05) is 30.3 Å². The fourth-order valence-electron chi connectivity index (χ4n) is 5.41. The number of piperidine rings is 1. The van der Waals surface area contributed by atoms with Crippen LogP contribution in [0, 0.1) is 5.82 Å². The van der Waals surface area contributed by atoms with E-state index in [0.717, 1.165) is 45.4 Å². The Labute approximate surface area is 236 Å². The second-order valence-electron chi connectivity index (χ2n) is 10.1. The molecule has 7 rings (SSSR count). The molecule has 41 heavy (non-hydrogen) atoms. The molecule has 1 atom stereocenters. The highest BCUT2D eigenvalue weighted by molar-refractivity contribution is 7.22. The number of carbonyl (C=O) groups excluding carboxylic acids is 1. The lowest BCUT2D eigenvalue weighted by atomic mass is 10.0. The van der Waals surface area contributed by atoms with E-state index in [0.29, 0.717) is 29.1 Å². The lowest BCUT2D eigenvalue weighted by molar-refractivity contribution is 0.0968. The van der Waals surface area contributed by atoms with Crippen molar-refractivity contribution in [2.24, 2.45) is 7.05 Å². The number of imidazole rings is 1. The molecule has 5 heterocycles. The summed E-state index contributed by atoms with van der Waals surface area (Å²) in [6.45, 7) is 1.45. The lowest BCUT2D eigenvalue weighted by Crippen LogP contribution is -2.49. The van der Waals surface area contributed by atoms with Gasteiger partial charge in [-0.1, -0.05) is 17.3 Å². The summed E-state index contributed by atoms with van der Waals surface area (Å²) in [6.07, 6.45) is 5.04. The van der Waals surface area contributed by atoms with Gasteiger partial charge in [-0.2, -0.15) is 0 Å². The molecule has 1 saturated heterocycles. The Morgan fingerprint density at radius 2 is 1.95 bits per heavy atom. The number of rotatable bonds is 5. The molecule has 0 bridgehead atoms. The van der Waals surface area contributed by atoms with Gasteiger partial charge in [0.1, 0.15) is 17.3 Å². The van der Waals surface area contributed by atoms with Gasteiger partial charge in [0.2, 0.25) is 0 Å². The predicted octanol–water partition coefficient (Wildman–Crippen LogP) is 4.47. The van der Waals surface area contributed by atoms with Crippen molar-refractivity contribution in [3.8, 4) is 21.7 Å². The third-order valence-electron chi connectivity index (χ3n) is 7.41. The van der Waals surface area contributed by atoms with Gasteiger partial charge in [0, 0.05) is 40.3 Å². The van der Waals surface area contributed by atoms with Crippen LogP contribution in [0.25, 0.3) is 42.8 Å². The first-order chi connectivity index (χ1) is 19.9. The van der Waals surface area contributed by atoms with E-state index in [1.165, 1.54) is 12.1 Å². The van der Waals surface area contributed by atoms with Crippen molar-refractivity contribution < 1.29 is 9.18 Å². The van der Waals surface area contributed by atoms with Crippen LogP contribution in [-0.2, 0) is 7.05 Å². The molecule has 1 aliphatic rings. The minimum Gasteiger partial charge on any atom is -0.315 e. The lowest BCUT2D eigenvalue weighted by Gasteiger charge is -2.34. The van der Waals surface area contributed by atoms with Gasteiger partial charge in [0.25, 0.3) is 5.91 Å². The average molecular weight is 569 g/mol. The summed E-state index contributed by atoms with van der Waals surface area (Å²) in [6, 6.07) is 14.0. The number of hydrogen-bond donors (Lipinski definition) is 3. The molecular weight excluding hydrogens is 543 g/mol. The molecule has 1 aliphatic heterocycles. The highest BCUT2D eigenvalue weighted by atomic mass is 32.1. The Morgan fingerprint density at radius 3 is 2.73 bits per heavy atom. The molecule has 2 aromatic carbocycles. The number of H-pyrrole nitrogens is 2. The Balaban J connectivity index is 1.31. The van der Waals surface area contributed by atoms with Crippen molar-refractivity contribution in [3.63, 3.8) is 0 Å². The Bertz CT molecular complexity index is 1980. The van der Waals surface area contributed by atoms with Crippen molar-refractivity contribution in [2.75, 3.05) is 18.0 Å². The Morgan fingerprint density at radius 1 is 1.10 bits per heavy atom. The number of nitrogens with one attached hydrogen (secondary N) is 3. The number of aryl methyl sites for hydroxylation is 1. The summed E-state index contributed by atoms with van der Waals surface area (Å²) in [4.78, 5) is 38.8. The molecule has 1 fully saturated rings. The molecule has 6 aromatic rings. The minimum absolute atomic E-state index is 0.0284. The summed E-state index contributed by atoms with van der Waals surface area (Å²) in [5, 5.41) is 12.2. The summed E-state index contributed by atoms with van der Waals surface area (Å²) in [5.74, 6) is -0.572. The first kappa shape index (κ1) is 25.3. The van der Waals surface area contributed by atoms with E-state index >= 15 is 4.39 Å². The quantitative estimate of drug-likeness (QED) is 0.282. The number of benzene rings is 2. The summed E-state index contributed by atoms with van der Waals surface area (Å²) in [7, 11) is 1.74. The SMILES string of the molecule is Cn1cc(-c2ccc(C(=O)N(c3nccc4sc(-c5ccc6[nH]c(=O)[nH]c6c5)cc34)[C@@H]3CCCNC3)c(F)c2)nn1. The van der Waals surface area contributed by atoms with E-state index in [2.05, 4.69) is 30.6 Å². The zero-order valence-corrected chi connectivity index (χ0v) is 22.8. The molecule has 3 N–H and O–H groups in total. The Kier molecular flexibility index (Phi) is 6.20. The second kappa shape index (κ2) is 10.1. The number of halogens is 1. The average Bonchev–Trinajstić information content (AvgIpc) is 3.70. The topological polar surface area (TPSA) is 125 Å². The van der Waals surface area contributed by atoms with E-state index < -0.39 is 11.7 Å². The minimum atomic E-state index is -0.626. The number of hydrogen-bond acceptors (Lipinski definition) is 7. The largest absolute Gasteiger partial charge is 0.323 e. The van der Waals surface area contributed by atoms with Crippen LogP contribution < -0.4 is 15.9 Å². The van der Waals surface area contributed by atoms with Gasteiger partial charge in [0.05, 0.1) is 28.8 Å². The van der Waals surface area contributed by atoms with Crippen molar-refractivity contribution >= 4 is 44.2 Å². The predicted molar refractivity (Wildman–Crippen MR) is 157 cm³/mol. The maximum absolute atomic E-state index is 15.5. The van der Waals surface area contributed by atoms with Crippen LogP contribution in [0.2, 0.25) is 0 Å². The van der Waals surface area contributed by atoms with Gasteiger partial charge in [-0.3, -0.25) is 14.4 Å². The second-order valence-corrected chi connectivity index (χ2v) is 11.2. The number of aromatic nitrogens is 6. The van der Waals surface area contributed by atoms with Gasteiger partial charge >= 0.3 is 5.69 Å². The maximum atomic E-state index is 15.5. The van der Waals surface area contributed by atoms with E-state index in [4.69, 9.17) is 0 Å². The number of pyridine rings is 1. The first-order valence-electron chi connectivity index (χ1n) is 13.3. The van der Waals surface area contributed by atoms with Gasteiger partial charge in [-0.05, 0) is 61.3 Å². The zero-order valence-electron chi connectivity index (χ0n) is 22.0. The van der Waals surface area contributed by atoms with Crippen molar-refractivity contribution in [2.45, 2.75) is 18.9 Å². The fraction of sp³-hybridized carbons (Fsp3) is 0.207. The molecule has 0 aliphatic carbocycles. The fourth-order valence-corrected chi connectivity index (χ4v) is 6.46. The first-order valence-corrected chi connectivity index (χ1v) is 14.1. The summed E-state index contributed by atoms with van der Waals surface area (Å²) in [5.41, 5.74) is 3.17. The Hall–Kier alpha value is -4.68. The highest BCUT2D eigenvalue weighted by Crippen LogP contribution is 2.39. The van der Waals surface area contributed by atoms with Gasteiger partial charge in [0.15, 0.2) is 0 Å². The van der Waals surface area contributed by atoms with Gasteiger partial charge in [-0.25, -0.2) is 14.2 Å². The highest BCUT2D eigenvalue weighted by Gasteiger charge is 2.32. The van der Waals surface area contributed by atoms with Crippen LogP contribution in [0.4, 0.5) is 10.2 Å². The molecule has 4 aromatic heterocycles. The van der Waals surface area contributed by atoms with Gasteiger partial charge in [-0.15, -0.1) is 16.4 Å².